The van der Waals surface area contributed by atoms with Gasteiger partial charge >= 0.3 is 15.9 Å². The van der Waals surface area contributed by atoms with Crippen molar-refractivity contribution in [2.24, 2.45) is 0 Å². The fourth-order valence-corrected chi connectivity index (χ4v) is 8.99. The van der Waals surface area contributed by atoms with Crippen LogP contribution in [0.15, 0.2) is 48.5 Å². The summed E-state index contributed by atoms with van der Waals surface area (Å²) in [7, 11) is -7.81. The second-order valence-electron chi connectivity index (χ2n) is 5.02. The summed E-state index contributed by atoms with van der Waals surface area (Å²) in [4.78, 5) is 0. The minimum Gasteiger partial charge on any atom is -0.308 e. The number of hydrogen-bond acceptors (Lipinski definition) is 0. The third-order valence-electron chi connectivity index (χ3n) is 3.65. The van der Waals surface area contributed by atoms with E-state index in [1.54, 1.807) is 0 Å². The summed E-state index contributed by atoms with van der Waals surface area (Å²) in [5, 5.41) is 0.444. The van der Waals surface area contributed by atoms with E-state index in [4.69, 9.17) is 0 Å². The Morgan fingerprint density at radius 1 is 0.600 bits per heavy atom. The maximum absolute atomic E-state index is 15.1. The van der Waals surface area contributed by atoms with Crippen molar-refractivity contribution in [3.05, 3.63) is 60.2 Å². The van der Waals surface area contributed by atoms with E-state index in [0.29, 0.717) is 0 Å². The monoisotopic (exact) mass is 314 g/mol. The molecule has 6 heteroatoms. The van der Waals surface area contributed by atoms with Gasteiger partial charge in [-0.15, -0.1) is 0 Å². The van der Waals surface area contributed by atoms with Gasteiger partial charge in [-0.25, -0.2) is 8.78 Å². The SMILES string of the molecule is C[Si@@](F)(c1ccc(F)cc1)[Si@](C)(F)c1ccc(F)cc1. The lowest BCUT2D eigenvalue weighted by atomic mass is 10.3. The van der Waals surface area contributed by atoms with Gasteiger partial charge in [0.1, 0.15) is 11.6 Å². The summed E-state index contributed by atoms with van der Waals surface area (Å²) in [6.07, 6.45) is 0. The van der Waals surface area contributed by atoms with E-state index < -0.39 is 27.5 Å². The first-order chi connectivity index (χ1) is 9.25. The quantitative estimate of drug-likeness (QED) is 0.463. The molecule has 0 spiro atoms. The average Bonchev–Trinajstić information content (AvgIpc) is 2.39. The zero-order valence-electron chi connectivity index (χ0n) is 11.1. The number of halogens is 4. The molecule has 0 aliphatic carbocycles. The fraction of sp³-hybridized carbons (Fsp3) is 0.143. The van der Waals surface area contributed by atoms with Crippen molar-refractivity contribution in [3.8, 4) is 0 Å². The fourth-order valence-electron chi connectivity index (χ4n) is 2.07. The highest BCUT2D eigenvalue weighted by Gasteiger charge is 2.55. The van der Waals surface area contributed by atoms with Crippen LogP contribution in [-0.4, -0.2) is 15.9 Å². The first kappa shape index (κ1) is 15.0. The molecule has 0 bridgehead atoms. The second kappa shape index (κ2) is 5.18. The molecule has 0 aromatic heterocycles. The summed E-state index contributed by atoms with van der Waals surface area (Å²) >= 11 is 0. The zero-order chi connectivity index (χ0) is 15.0. The zero-order valence-corrected chi connectivity index (χ0v) is 13.1. The largest absolute Gasteiger partial charge is 0.308 e. The van der Waals surface area contributed by atoms with Gasteiger partial charge in [0.25, 0.3) is 0 Å². The predicted octanol–water partition coefficient (Wildman–Crippen LogP) is 3.25. The molecule has 0 fully saturated rings. The van der Waals surface area contributed by atoms with E-state index in [-0.39, 0.29) is 10.4 Å². The van der Waals surface area contributed by atoms with Gasteiger partial charge in [-0.2, -0.15) is 0 Å². The Hall–Kier alpha value is -1.41. The van der Waals surface area contributed by atoms with Gasteiger partial charge < -0.3 is 8.22 Å². The van der Waals surface area contributed by atoms with Crippen LogP contribution < -0.4 is 10.4 Å². The molecule has 20 heavy (non-hydrogen) atoms. The molecule has 0 heterocycles. The molecule has 0 amide bonds. The maximum atomic E-state index is 15.1. The van der Waals surface area contributed by atoms with Crippen LogP contribution in [0, 0.1) is 11.6 Å². The molecule has 0 nitrogen and oxygen atoms in total. The molecule has 0 radical (unpaired) electrons. The molecular weight excluding hydrogens is 300 g/mol. The van der Waals surface area contributed by atoms with Crippen LogP contribution >= 0.6 is 0 Å². The lowest BCUT2D eigenvalue weighted by Gasteiger charge is -2.29. The van der Waals surface area contributed by atoms with Crippen LogP contribution in [0.25, 0.3) is 0 Å². The van der Waals surface area contributed by atoms with Crippen LogP contribution in [0.3, 0.4) is 0 Å². The highest BCUT2D eigenvalue weighted by atomic mass is 29.3. The highest BCUT2D eigenvalue weighted by molar-refractivity contribution is 7.45. The Bertz CT molecular complexity index is 536. The molecule has 0 N–H and O–H groups in total. The topological polar surface area (TPSA) is 0 Å². The second-order valence-corrected chi connectivity index (χ2v) is 15.8. The van der Waals surface area contributed by atoms with E-state index in [9.17, 15) is 8.78 Å². The van der Waals surface area contributed by atoms with Crippen molar-refractivity contribution >= 4 is 26.2 Å². The number of rotatable bonds is 3. The molecule has 0 aliphatic heterocycles. The third kappa shape index (κ3) is 2.57. The number of benzene rings is 2. The van der Waals surface area contributed by atoms with Gasteiger partial charge in [-0.3, -0.25) is 0 Å². The molecule has 106 valence electrons. The molecule has 0 saturated heterocycles. The van der Waals surface area contributed by atoms with E-state index in [1.807, 2.05) is 0 Å². The predicted molar refractivity (Wildman–Crippen MR) is 77.5 cm³/mol. The summed E-state index contributed by atoms with van der Waals surface area (Å²) < 4.78 is 56.1. The molecule has 2 atom stereocenters. The van der Waals surface area contributed by atoms with Crippen molar-refractivity contribution in [1.82, 2.24) is 0 Å². The first-order valence-electron chi connectivity index (χ1n) is 6.15. The average molecular weight is 314 g/mol. The Labute approximate surface area is 117 Å². The summed E-state index contributed by atoms with van der Waals surface area (Å²) in [5.41, 5.74) is 0. The smallest absolute Gasteiger partial charge is 0.302 e. The van der Waals surface area contributed by atoms with Crippen LogP contribution in [0.4, 0.5) is 17.0 Å². The van der Waals surface area contributed by atoms with Crippen molar-refractivity contribution in [2.45, 2.75) is 13.1 Å². The van der Waals surface area contributed by atoms with Crippen molar-refractivity contribution in [1.29, 1.82) is 0 Å². The summed E-state index contributed by atoms with van der Waals surface area (Å²) in [6.45, 7) is 2.58. The van der Waals surface area contributed by atoms with Crippen LogP contribution in [-0.2, 0) is 0 Å². The maximum Gasteiger partial charge on any atom is 0.302 e. The minimum absolute atomic E-state index is 0.222. The van der Waals surface area contributed by atoms with E-state index in [2.05, 4.69) is 0 Å². The standard InChI is InChI=1S/C14H14F4Si2/c1-19(17,13-7-3-11(15)4-8-13)20(2,18)14-9-5-12(16)6-10-14/h3-10H,1-2H3/t19-,20-/m0/s1. The molecule has 0 aliphatic rings. The van der Waals surface area contributed by atoms with E-state index in [0.717, 1.165) is 24.3 Å². The molecular formula is C14H14F4Si2. The van der Waals surface area contributed by atoms with Gasteiger partial charge in [0.15, 0.2) is 0 Å². The van der Waals surface area contributed by atoms with Gasteiger partial charge in [0.2, 0.25) is 0 Å². The molecule has 2 aromatic rings. The van der Waals surface area contributed by atoms with Gasteiger partial charge in [0.05, 0.1) is 0 Å². The summed E-state index contributed by atoms with van der Waals surface area (Å²) in [5.74, 6) is -0.967. The van der Waals surface area contributed by atoms with Gasteiger partial charge in [0, 0.05) is 0 Å². The normalized spacial score (nSPS) is 17.3. The Balaban J connectivity index is 2.45. The highest BCUT2D eigenvalue weighted by Crippen LogP contribution is 2.22. The Kier molecular flexibility index (Phi) is 3.88. The molecule has 0 unspecified atom stereocenters. The molecule has 0 saturated carbocycles. The first-order valence-corrected chi connectivity index (χ1v) is 11.9. The summed E-state index contributed by atoms with van der Waals surface area (Å²) in [6, 6.07) is 9.74. The van der Waals surface area contributed by atoms with Crippen LogP contribution in [0.5, 0.6) is 0 Å². The number of hydrogen-bond donors (Lipinski definition) is 0. The van der Waals surface area contributed by atoms with Crippen molar-refractivity contribution < 1.29 is 17.0 Å². The van der Waals surface area contributed by atoms with Crippen molar-refractivity contribution in [2.75, 3.05) is 0 Å². The van der Waals surface area contributed by atoms with E-state index in [1.165, 1.54) is 37.4 Å². The Morgan fingerprint density at radius 3 is 1.10 bits per heavy atom. The lowest BCUT2D eigenvalue weighted by Crippen LogP contribution is -2.67. The molecule has 2 aromatic carbocycles. The van der Waals surface area contributed by atoms with E-state index >= 15 is 8.22 Å². The Morgan fingerprint density at radius 2 is 0.850 bits per heavy atom. The third-order valence-corrected chi connectivity index (χ3v) is 15.3. The van der Waals surface area contributed by atoms with Gasteiger partial charge in [-0.05, 0) is 47.7 Å². The van der Waals surface area contributed by atoms with Crippen LogP contribution in [0.2, 0.25) is 13.1 Å². The van der Waals surface area contributed by atoms with Crippen LogP contribution in [0.1, 0.15) is 0 Å². The lowest BCUT2D eigenvalue weighted by molar-refractivity contribution is 0.627. The van der Waals surface area contributed by atoms with Gasteiger partial charge in [-0.1, -0.05) is 24.3 Å². The molecule has 2 rings (SSSR count). The minimum atomic E-state index is -3.91. The van der Waals surface area contributed by atoms with Crippen molar-refractivity contribution in [3.63, 3.8) is 0 Å².